The average Bonchev–Trinajstić information content (AvgIpc) is 3.20. The van der Waals surface area contributed by atoms with Crippen LogP contribution in [0.3, 0.4) is 0 Å². The van der Waals surface area contributed by atoms with Crippen molar-refractivity contribution in [2.75, 3.05) is 11.9 Å². The Bertz CT molecular complexity index is 1230. The number of cyclic esters (lactones) is 1. The third-order valence-electron chi connectivity index (χ3n) is 8.34. The fourth-order valence-electron chi connectivity index (χ4n) is 5.52. The Hall–Kier alpha value is -3.43. The summed E-state index contributed by atoms with van der Waals surface area (Å²) in [6.07, 6.45) is 16.0. The van der Waals surface area contributed by atoms with Crippen LogP contribution in [0, 0.1) is 5.41 Å². The molecule has 1 aromatic rings. The minimum Gasteiger partial charge on any atom is -0.489 e. The molecule has 2 rings (SSSR count). The highest BCUT2D eigenvalue weighted by Crippen LogP contribution is 2.32. The van der Waals surface area contributed by atoms with Crippen LogP contribution in [0.25, 0.3) is 0 Å². The predicted molar refractivity (Wildman–Crippen MR) is 187 cm³/mol. The molecule has 270 valence electrons. The number of Topliss-reactive ketones (excluding diaryl/α,β-unsaturated/α-hetero) is 1. The van der Waals surface area contributed by atoms with Gasteiger partial charge in [-0.05, 0) is 52.3 Å². The number of imide groups is 1. The van der Waals surface area contributed by atoms with Gasteiger partial charge in [-0.3, -0.25) is 14.4 Å². The summed E-state index contributed by atoms with van der Waals surface area (Å²) in [6, 6.07) is 2.68. The smallest absolute Gasteiger partial charge is 0.418 e. The van der Waals surface area contributed by atoms with Gasteiger partial charge in [0.25, 0.3) is 11.8 Å². The summed E-state index contributed by atoms with van der Waals surface area (Å²) in [6.45, 7) is 13.7. The molecule has 48 heavy (non-hydrogen) atoms. The summed E-state index contributed by atoms with van der Waals surface area (Å²) in [5, 5.41) is 2.64. The van der Waals surface area contributed by atoms with Crippen molar-refractivity contribution >= 4 is 35.3 Å². The van der Waals surface area contributed by atoms with Gasteiger partial charge < -0.3 is 19.5 Å². The maximum absolute atomic E-state index is 13.6. The molecule has 1 aliphatic heterocycles. The van der Waals surface area contributed by atoms with E-state index in [0.29, 0.717) is 11.5 Å². The lowest BCUT2D eigenvalue weighted by molar-refractivity contribution is -0.145. The van der Waals surface area contributed by atoms with Crippen molar-refractivity contribution in [1.29, 1.82) is 0 Å². The minimum atomic E-state index is -1.77. The number of unbranched alkanes of at least 4 members (excludes halogenated alkanes) is 13. The Morgan fingerprint density at radius 3 is 1.83 bits per heavy atom. The number of nitrogens with zero attached hydrogens (tertiary/aromatic N) is 1. The van der Waals surface area contributed by atoms with Crippen molar-refractivity contribution in [2.24, 2.45) is 5.41 Å². The zero-order valence-corrected chi connectivity index (χ0v) is 30.7. The van der Waals surface area contributed by atoms with Crippen molar-refractivity contribution < 1.29 is 38.2 Å². The molecule has 1 fully saturated rings. The van der Waals surface area contributed by atoms with Crippen LogP contribution in [0.15, 0.2) is 18.2 Å². The molecule has 3 amide bonds. The van der Waals surface area contributed by atoms with Crippen molar-refractivity contribution in [1.82, 2.24) is 4.90 Å². The van der Waals surface area contributed by atoms with Crippen LogP contribution in [-0.4, -0.2) is 58.9 Å². The van der Waals surface area contributed by atoms with Crippen LogP contribution in [-0.2, 0) is 23.9 Å². The van der Waals surface area contributed by atoms with Gasteiger partial charge in [0.05, 0.1) is 24.0 Å². The molecule has 1 atom stereocenters. The number of esters is 1. The molecular formula is C38H60N2O8. The van der Waals surface area contributed by atoms with Gasteiger partial charge in [-0.1, -0.05) is 111 Å². The van der Waals surface area contributed by atoms with Gasteiger partial charge in [-0.25, -0.2) is 14.5 Å². The summed E-state index contributed by atoms with van der Waals surface area (Å²) in [5.41, 5.74) is -2.17. The quantitative estimate of drug-likeness (QED) is 0.0735. The van der Waals surface area contributed by atoms with E-state index < -0.39 is 46.7 Å². The fraction of sp³-hybridized carbons (Fsp3) is 0.711. The highest BCUT2D eigenvalue weighted by Gasteiger charge is 2.55. The van der Waals surface area contributed by atoms with Gasteiger partial charge in [0.2, 0.25) is 0 Å². The number of nitrogens with one attached hydrogen (secondary N) is 1. The van der Waals surface area contributed by atoms with Crippen molar-refractivity contribution in [2.45, 2.75) is 163 Å². The number of hydrogen-bond acceptors (Lipinski definition) is 8. The van der Waals surface area contributed by atoms with Crippen LogP contribution in [0.5, 0.6) is 5.75 Å². The zero-order chi connectivity index (χ0) is 35.9. The molecule has 1 saturated heterocycles. The number of hydrogen-bond donors (Lipinski definition) is 1. The molecule has 1 unspecified atom stereocenters. The fourth-order valence-corrected chi connectivity index (χ4v) is 5.52. The molecule has 0 radical (unpaired) electrons. The highest BCUT2D eigenvalue weighted by atomic mass is 16.6. The number of benzene rings is 1. The van der Waals surface area contributed by atoms with Crippen LogP contribution >= 0.6 is 0 Å². The van der Waals surface area contributed by atoms with E-state index in [1.165, 1.54) is 103 Å². The van der Waals surface area contributed by atoms with E-state index in [1.807, 2.05) is 0 Å². The van der Waals surface area contributed by atoms with E-state index in [1.54, 1.807) is 34.6 Å². The van der Waals surface area contributed by atoms with E-state index in [4.69, 9.17) is 14.2 Å². The second-order valence-corrected chi connectivity index (χ2v) is 14.7. The molecule has 0 aromatic heterocycles. The molecule has 0 saturated carbocycles. The third-order valence-corrected chi connectivity index (χ3v) is 8.34. The Morgan fingerprint density at radius 2 is 1.38 bits per heavy atom. The van der Waals surface area contributed by atoms with Gasteiger partial charge in [0.15, 0.2) is 17.4 Å². The molecule has 10 nitrogen and oxygen atoms in total. The minimum absolute atomic E-state index is 0.170. The zero-order valence-electron chi connectivity index (χ0n) is 30.7. The molecule has 0 aliphatic carbocycles. The SMILES string of the molecule is CCCCCCCCCCCCCCCCOC(=O)c1ccc(NC(=O)C(C(=O)C(C)(C)C)N2C(=O)OC(C)(C)C2=O)c(OC(C)C)c1. The van der Waals surface area contributed by atoms with Crippen molar-refractivity contribution in [3.63, 3.8) is 0 Å². The molecular weight excluding hydrogens is 612 g/mol. The Kier molecular flexibility index (Phi) is 16.6. The third kappa shape index (κ3) is 12.9. The second kappa shape index (κ2) is 19.5. The van der Waals surface area contributed by atoms with Crippen molar-refractivity contribution in [3.05, 3.63) is 23.8 Å². The number of ketones is 1. The number of carbonyl (C=O) groups is 5. The van der Waals surface area contributed by atoms with E-state index in [-0.39, 0.29) is 23.1 Å². The monoisotopic (exact) mass is 672 g/mol. The Labute approximate surface area is 288 Å². The van der Waals surface area contributed by atoms with E-state index >= 15 is 0 Å². The van der Waals surface area contributed by atoms with Gasteiger partial charge in [-0.15, -0.1) is 0 Å². The van der Waals surface area contributed by atoms with Gasteiger partial charge >= 0.3 is 12.1 Å². The summed E-state index contributed by atoms with van der Waals surface area (Å²) in [4.78, 5) is 66.2. The first kappa shape index (κ1) is 40.7. The maximum Gasteiger partial charge on any atom is 0.418 e. The van der Waals surface area contributed by atoms with E-state index in [0.717, 1.165) is 19.3 Å². The normalized spacial score (nSPS) is 15.0. The van der Waals surface area contributed by atoms with E-state index in [2.05, 4.69) is 12.2 Å². The summed E-state index contributed by atoms with van der Waals surface area (Å²) in [5.74, 6) is -2.66. The van der Waals surface area contributed by atoms with Gasteiger partial charge in [0, 0.05) is 5.41 Å². The summed E-state index contributed by atoms with van der Waals surface area (Å²) >= 11 is 0. The highest BCUT2D eigenvalue weighted by molar-refractivity contribution is 6.19. The number of anilines is 1. The van der Waals surface area contributed by atoms with E-state index in [9.17, 15) is 24.0 Å². The Balaban J connectivity index is 1.93. The largest absolute Gasteiger partial charge is 0.489 e. The lowest BCUT2D eigenvalue weighted by Gasteiger charge is -2.28. The number of carbonyl (C=O) groups excluding carboxylic acids is 5. The van der Waals surface area contributed by atoms with Crippen LogP contribution < -0.4 is 10.1 Å². The lowest BCUT2D eigenvalue weighted by Crippen LogP contribution is -2.55. The van der Waals surface area contributed by atoms with Gasteiger partial charge in [-0.2, -0.15) is 0 Å². The first-order valence-corrected chi connectivity index (χ1v) is 18.0. The van der Waals surface area contributed by atoms with Crippen LogP contribution in [0.1, 0.15) is 156 Å². The van der Waals surface area contributed by atoms with Crippen molar-refractivity contribution in [3.8, 4) is 5.75 Å². The van der Waals surface area contributed by atoms with Crippen LogP contribution in [0.4, 0.5) is 10.5 Å². The standard InChI is InChI=1S/C38H60N2O8/c1-9-10-11-12-13-14-15-16-17-18-19-20-21-22-25-46-34(43)28-23-24-29(30(26-28)47-27(2)3)39-33(42)31(32(41)37(4,5)6)40-35(44)38(7,8)48-36(40)45/h23-24,26-27,31H,9-22,25H2,1-8H3,(H,39,42). The number of ether oxygens (including phenoxy) is 3. The number of rotatable bonds is 22. The first-order valence-electron chi connectivity index (χ1n) is 18.0. The molecule has 10 heteroatoms. The lowest BCUT2D eigenvalue weighted by atomic mass is 9.85. The number of amides is 3. The molecule has 0 bridgehead atoms. The summed E-state index contributed by atoms with van der Waals surface area (Å²) < 4.78 is 16.6. The molecule has 1 aromatic carbocycles. The van der Waals surface area contributed by atoms with Gasteiger partial charge in [0.1, 0.15) is 5.75 Å². The Morgan fingerprint density at radius 1 is 0.854 bits per heavy atom. The second-order valence-electron chi connectivity index (χ2n) is 14.7. The molecule has 0 spiro atoms. The average molecular weight is 673 g/mol. The first-order chi connectivity index (χ1) is 22.6. The predicted octanol–water partition coefficient (Wildman–Crippen LogP) is 8.79. The maximum atomic E-state index is 13.6. The molecule has 1 aliphatic rings. The molecule has 1 N–H and O–H groups in total. The summed E-state index contributed by atoms with van der Waals surface area (Å²) in [7, 11) is 0. The molecule has 1 heterocycles. The topological polar surface area (TPSA) is 128 Å². The van der Waals surface area contributed by atoms with Crippen LogP contribution in [0.2, 0.25) is 0 Å².